The van der Waals surface area contributed by atoms with E-state index in [0.29, 0.717) is 12.2 Å². The summed E-state index contributed by atoms with van der Waals surface area (Å²) in [6, 6.07) is 16.3. The Morgan fingerprint density at radius 1 is 1.04 bits per heavy atom. The molecule has 5 nitrogen and oxygen atoms in total. The largest absolute Gasteiger partial charge is 0.497 e. The normalized spacial score (nSPS) is 14.1. The molecule has 0 aliphatic heterocycles. The van der Waals surface area contributed by atoms with Crippen LogP contribution in [-0.4, -0.2) is 38.7 Å². The van der Waals surface area contributed by atoms with E-state index in [4.69, 9.17) is 4.74 Å². The van der Waals surface area contributed by atoms with Gasteiger partial charge in [-0.15, -0.1) is 0 Å². The molecule has 0 saturated carbocycles. The maximum absolute atomic E-state index is 13.0. The average Bonchev–Trinajstić information content (AvgIpc) is 2.67. The standard InChI is InChI=1S/C21H29NO4S/c1-16(2)21(27(24,25)20-13-11-19(26-3)12-14-20)22-15-18(23)10-9-17-7-5-4-6-8-17/h4-8,11-14,16,18,21-23H,9-10,15H2,1-3H3/t18-,21+/m1/s1. The van der Waals surface area contributed by atoms with Crippen molar-refractivity contribution in [2.24, 2.45) is 5.92 Å². The van der Waals surface area contributed by atoms with Crippen molar-refractivity contribution < 1.29 is 18.3 Å². The molecule has 0 aliphatic rings. The first-order valence-electron chi connectivity index (χ1n) is 9.18. The van der Waals surface area contributed by atoms with Crippen molar-refractivity contribution in [3.8, 4) is 5.75 Å². The molecule has 6 heteroatoms. The minimum atomic E-state index is -3.57. The molecule has 0 amide bonds. The number of ether oxygens (including phenoxy) is 1. The number of sulfone groups is 1. The number of benzene rings is 2. The topological polar surface area (TPSA) is 75.6 Å². The van der Waals surface area contributed by atoms with Gasteiger partial charge in [-0.05, 0) is 48.6 Å². The lowest BCUT2D eigenvalue weighted by molar-refractivity contribution is 0.159. The molecule has 0 radical (unpaired) electrons. The van der Waals surface area contributed by atoms with Gasteiger partial charge in [0.05, 0.1) is 18.1 Å². The Labute approximate surface area is 162 Å². The molecule has 0 bridgehead atoms. The minimum absolute atomic E-state index is 0.140. The molecule has 2 atom stereocenters. The zero-order chi connectivity index (χ0) is 19.9. The number of methoxy groups -OCH3 is 1. The predicted octanol–water partition coefficient (Wildman–Crippen LogP) is 3.03. The van der Waals surface area contributed by atoms with Crippen LogP contribution >= 0.6 is 0 Å². The van der Waals surface area contributed by atoms with E-state index in [9.17, 15) is 13.5 Å². The molecule has 0 unspecified atom stereocenters. The second-order valence-electron chi connectivity index (χ2n) is 6.97. The first kappa shape index (κ1) is 21.4. The molecule has 0 heterocycles. The van der Waals surface area contributed by atoms with Crippen molar-refractivity contribution in [1.29, 1.82) is 0 Å². The van der Waals surface area contributed by atoms with E-state index >= 15 is 0 Å². The highest BCUT2D eigenvalue weighted by molar-refractivity contribution is 7.92. The Bertz CT molecular complexity index is 789. The first-order valence-corrected chi connectivity index (χ1v) is 10.7. The van der Waals surface area contributed by atoms with Gasteiger partial charge in [-0.25, -0.2) is 8.42 Å². The summed E-state index contributed by atoms with van der Waals surface area (Å²) in [5, 5.41) is 12.6. The van der Waals surface area contributed by atoms with Crippen molar-refractivity contribution in [3.63, 3.8) is 0 Å². The van der Waals surface area contributed by atoms with Gasteiger partial charge in [-0.2, -0.15) is 0 Å². The SMILES string of the molecule is COc1ccc(S(=O)(=O)[C@H](NC[C@H](O)CCc2ccccc2)C(C)C)cc1. The second-order valence-corrected chi connectivity index (χ2v) is 9.04. The predicted molar refractivity (Wildman–Crippen MR) is 108 cm³/mol. The van der Waals surface area contributed by atoms with E-state index in [-0.39, 0.29) is 17.4 Å². The summed E-state index contributed by atoms with van der Waals surface area (Å²) in [7, 11) is -2.03. The summed E-state index contributed by atoms with van der Waals surface area (Å²) in [5.41, 5.74) is 1.16. The Kier molecular flexibility index (Phi) is 7.83. The Morgan fingerprint density at radius 3 is 2.22 bits per heavy atom. The zero-order valence-corrected chi connectivity index (χ0v) is 16.9. The lowest BCUT2D eigenvalue weighted by atomic mass is 10.1. The van der Waals surface area contributed by atoms with Crippen LogP contribution in [0.5, 0.6) is 5.75 Å². The van der Waals surface area contributed by atoms with Gasteiger partial charge in [0.2, 0.25) is 0 Å². The van der Waals surface area contributed by atoms with Crippen LogP contribution in [0, 0.1) is 5.92 Å². The summed E-state index contributed by atoms with van der Waals surface area (Å²) >= 11 is 0. The van der Waals surface area contributed by atoms with Gasteiger partial charge in [-0.1, -0.05) is 44.2 Å². The van der Waals surface area contributed by atoms with Gasteiger partial charge in [0.1, 0.15) is 11.1 Å². The number of aliphatic hydroxyl groups is 1. The Hall–Kier alpha value is -1.89. The number of aryl methyl sites for hydroxylation is 1. The highest BCUT2D eigenvalue weighted by atomic mass is 32.2. The molecule has 27 heavy (non-hydrogen) atoms. The van der Waals surface area contributed by atoms with E-state index in [1.807, 2.05) is 44.2 Å². The third kappa shape index (κ3) is 6.06. The van der Waals surface area contributed by atoms with Crippen molar-refractivity contribution >= 4 is 9.84 Å². The molecule has 2 N–H and O–H groups in total. The number of aliphatic hydroxyl groups excluding tert-OH is 1. The quantitative estimate of drug-likeness (QED) is 0.651. The van der Waals surface area contributed by atoms with Crippen LogP contribution in [0.3, 0.4) is 0 Å². The van der Waals surface area contributed by atoms with Crippen molar-refractivity contribution in [3.05, 3.63) is 60.2 Å². The molecular formula is C21H29NO4S. The molecule has 0 fully saturated rings. The van der Waals surface area contributed by atoms with Gasteiger partial charge in [0.25, 0.3) is 0 Å². The van der Waals surface area contributed by atoms with Crippen molar-refractivity contribution in [2.45, 2.75) is 43.1 Å². The number of rotatable bonds is 10. The van der Waals surface area contributed by atoms with E-state index in [1.165, 1.54) is 0 Å². The lowest BCUT2D eigenvalue weighted by Gasteiger charge is -2.24. The van der Waals surface area contributed by atoms with Crippen LogP contribution in [0.15, 0.2) is 59.5 Å². The molecule has 2 rings (SSSR count). The maximum atomic E-state index is 13.0. The van der Waals surface area contributed by atoms with Crippen LogP contribution in [0.4, 0.5) is 0 Å². The summed E-state index contributed by atoms with van der Waals surface area (Å²) in [4.78, 5) is 0.244. The van der Waals surface area contributed by atoms with Gasteiger partial charge in [0.15, 0.2) is 9.84 Å². The fourth-order valence-corrected chi connectivity index (χ4v) is 4.79. The number of nitrogens with one attached hydrogen (secondary N) is 1. The van der Waals surface area contributed by atoms with E-state index in [1.54, 1.807) is 31.4 Å². The minimum Gasteiger partial charge on any atom is -0.497 e. The van der Waals surface area contributed by atoms with Crippen LogP contribution in [0.1, 0.15) is 25.8 Å². The second kappa shape index (κ2) is 9.88. The van der Waals surface area contributed by atoms with E-state index < -0.39 is 21.3 Å². The van der Waals surface area contributed by atoms with Gasteiger partial charge in [0, 0.05) is 6.54 Å². The van der Waals surface area contributed by atoms with Crippen LogP contribution in [0.25, 0.3) is 0 Å². The summed E-state index contributed by atoms with van der Waals surface area (Å²) in [6.07, 6.45) is 0.712. The number of hydrogen-bond donors (Lipinski definition) is 2. The Balaban J connectivity index is 1.99. The fourth-order valence-electron chi connectivity index (χ4n) is 2.95. The monoisotopic (exact) mass is 391 g/mol. The molecule has 2 aromatic carbocycles. The number of hydrogen-bond acceptors (Lipinski definition) is 5. The average molecular weight is 392 g/mol. The zero-order valence-electron chi connectivity index (χ0n) is 16.1. The third-order valence-electron chi connectivity index (χ3n) is 4.49. The molecule has 0 spiro atoms. The van der Waals surface area contributed by atoms with E-state index in [0.717, 1.165) is 12.0 Å². The van der Waals surface area contributed by atoms with Gasteiger partial charge in [-0.3, -0.25) is 5.32 Å². The Morgan fingerprint density at radius 2 is 1.67 bits per heavy atom. The maximum Gasteiger partial charge on any atom is 0.194 e. The first-order chi connectivity index (χ1) is 12.8. The summed E-state index contributed by atoms with van der Waals surface area (Å²) < 4.78 is 31.0. The molecule has 2 aromatic rings. The molecule has 148 valence electrons. The van der Waals surface area contributed by atoms with Crippen molar-refractivity contribution in [1.82, 2.24) is 5.32 Å². The van der Waals surface area contributed by atoms with Gasteiger partial charge < -0.3 is 9.84 Å². The molecule has 0 saturated heterocycles. The lowest BCUT2D eigenvalue weighted by Crippen LogP contribution is -2.44. The van der Waals surface area contributed by atoms with Gasteiger partial charge >= 0.3 is 0 Å². The highest BCUT2D eigenvalue weighted by Gasteiger charge is 2.30. The summed E-state index contributed by atoms with van der Waals surface area (Å²) in [6.45, 7) is 3.94. The summed E-state index contributed by atoms with van der Waals surface area (Å²) in [5.74, 6) is 0.470. The third-order valence-corrected chi connectivity index (χ3v) is 6.80. The molecule has 0 aliphatic carbocycles. The smallest absolute Gasteiger partial charge is 0.194 e. The van der Waals surface area contributed by atoms with Crippen LogP contribution < -0.4 is 10.1 Å². The van der Waals surface area contributed by atoms with E-state index in [2.05, 4.69) is 5.32 Å². The van der Waals surface area contributed by atoms with Crippen molar-refractivity contribution in [2.75, 3.05) is 13.7 Å². The molecule has 0 aromatic heterocycles. The van der Waals surface area contributed by atoms with Crippen LogP contribution in [0.2, 0.25) is 0 Å². The van der Waals surface area contributed by atoms with Crippen LogP contribution in [-0.2, 0) is 16.3 Å². The fraction of sp³-hybridized carbons (Fsp3) is 0.429. The highest BCUT2D eigenvalue weighted by Crippen LogP contribution is 2.22. The molecular weight excluding hydrogens is 362 g/mol.